The topological polar surface area (TPSA) is 87.0 Å². The van der Waals surface area contributed by atoms with Gasteiger partial charge in [-0.15, -0.1) is 0 Å². The molecule has 0 bridgehead atoms. The number of ether oxygens (including phenoxy) is 1. The van der Waals surface area contributed by atoms with Crippen molar-refractivity contribution in [3.8, 4) is 17.2 Å². The second-order valence-corrected chi connectivity index (χ2v) is 6.32. The third-order valence-electron chi connectivity index (χ3n) is 4.19. The Labute approximate surface area is 144 Å². The van der Waals surface area contributed by atoms with Crippen LogP contribution >= 0.6 is 0 Å². The molecule has 0 heterocycles. The van der Waals surface area contributed by atoms with Gasteiger partial charge in [0.2, 0.25) is 0 Å². The van der Waals surface area contributed by atoms with Crippen LogP contribution in [0.15, 0.2) is 12.1 Å². The highest BCUT2D eigenvalue weighted by molar-refractivity contribution is 5.91. The molecule has 136 valence electrons. The van der Waals surface area contributed by atoms with Gasteiger partial charge in [0.25, 0.3) is 0 Å². The lowest BCUT2D eigenvalue weighted by Gasteiger charge is -2.17. The number of phenols is 3. The number of rotatable bonds is 11. The summed E-state index contributed by atoms with van der Waals surface area (Å²) in [4.78, 5) is 12.1. The summed E-state index contributed by atoms with van der Waals surface area (Å²) in [5.74, 6) is -1.97. The largest absolute Gasteiger partial charge is 0.504 e. The maximum Gasteiger partial charge on any atom is 0.338 e. The molecule has 0 aliphatic rings. The molecule has 3 N–H and O–H groups in total. The maximum absolute atomic E-state index is 12.1. The van der Waals surface area contributed by atoms with Crippen LogP contribution in [-0.2, 0) is 4.74 Å². The quantitative estimate of drug-likeness (QED) is 0.308. The first-order valence-electron chi connectivity index (χ1n) is 8.91. The van der Waals surface area contributed by atoms with E-state index in [-0.39, 0.29) is 5.56 Å². The third kappa shape index (κ3) is 6.69. The molecule has 1 rings (SSSR count). The first kappa shape index (κ1) is 20.1. The Morgan fingerprint density at radius 1 is 0.958 bits per heavy atom. The summed E-state index contributed by atoms with van der Waals surface area (Å²) in [5.41, 5.74) is 0.0306. The molecule has 5 nitrogen and oxygen atoms in total. The van der Waals surface area contributed by atoms with Crippen LogP contribution in [0.1, 0.15) is 75.6 Å². The van der Waals surface area contributed by atoms with Gasteiger partial charge in [0, 0.05) is 0 Å². The Balaban J connectivity index is 2.56. The number of benzene rings is 1. The van der Waals surface area contributed by atoms with E-state index in [1.165, 1.54) is 19.3 Å². The zero-order valence-corrected chi connectivity index (χ0v) is 14.8. The molecule has 1 atom stereocenters. The predicted molar refractivity (Wildman–Crippen MR) is 93.5 cm³/mol. The first-order valence-corrected chi connectivity index (χ1v) is 8.91. The van der Waals surface area contributed by atoms with Gasteiger partial charge < -0.3 is 20.1 Å². The van der Waals surface area contributed by atoms with E-state index in [0.717, 1.165) is 44.2 Å². The molecule has 1 aromatic carbocycles. The molecule has 0 spiro atoms. The number of aromatic hydroxyl groups is 3. The molecule has 5 heteroatoms. The molecule has 0 radical (unpaired) electrons. The number of carbonyl (C=O) groups is 1. The molecule has 24 heavy (non-hydrogen) atoms. The van der Waals surface area contributed by atoms with Crippen LogP contribution in [0.4, 0.5) is 0 Å². The van der Waals surface area contributed by atoms with E-state index >= 15 is 0 Å². The van der Waals surface area contributed by atoms with Gasteiger partial charge >= 0.3 is 5.97 Å². The minimum atomic E-state index is -0.636. The molecule has 0 aliphatic heterocycles. The maximum atomic E-state index is 12.1. The van der Waals surface area contributed by atoms with E-state index in [1.54, 1.807) is 0 Å². The van der Waals surface area contributed by atoms with Gasteiger partial charge in [-0.2, -0.15) is 0 Å². The smallest absolute Gasteiger partial charge is 0.338 e. The monoisotopic (exact) mass is 338 g/mol. The van der Waals surface area contributed by atoms with Crippen LogP contribution in [0.5, 0.6) is 17.2 Å². The van der Waals surface area contributed by atoms with E-state index in [9.17, 15) is 20.1 Å². The zero-order chi connectivity index (χ0) is 17.9. The number of unbranched alkanes of at least 4 members (excludes halogenated alkanes) is 4. The molecule has 0 fully saturated rings. The van der Waals surface area contributed by atoms with Gasteiger partial charge in [-0.05, 0) is 30.9 Å². The summed E-state index contributed by atoms with van der Waals surface area (Å²) in [6, 6.07) is 2.19. The van der Waals surface area contributed by atoms with Gasteiger partial charge in [0.05, 0.1) is 12.2 Å². The Morgan fingerprint density at radius 3 is 2.12 bits per heavy atom. The van der Waals surface area contributed by atoms with E-state index < -0.39 is 23.2 Å². The van der Waals surface area contributed by atoms with E-state index in [2.05, 4.69) is 13.8 Å². The minimum absolute atomic E-state index is 0.0306. The Kier molecular flexibility index (Phi) is 9.05. The minimum Gasteiger partial charge on any atom is -0.504 e. The van der Waals surface area contributed by atoms with E-state index in [4.69, 9.17) is 4.74 Å². The van der Waals surface area contributed by atoms with Crippen LogP contribution in [0.25, 0.3) is 0 Å². The number of phenolic OH excluding ortho intramolecular Hbond substituents is 3. The Hall–Kier alpha value is -1.91. The van der Waals surface area contributed by atoms with Crippen molar-refractivity contribution in [2.45, 2.75) is 65.2 Å². The lowest BCUT2D eigenvalue weighted by atomic mass is 9.96. The predicted octanol–water partition coefficient (Wildman–Crippen LogP) is 4.74. The van der Waals surface area contributed by atoms with E-state index in [0.29, 0.717) is 12.5 Å². The average molecular weight is 338 g/mol. The van der Waals surface area contributed by atoms with Crippen molar-refractivity contribution in [1.29, 1.82) is 0 Å². The van der Waals surface area contributed by atoms with Gasteiger partial charge in [-0.1, -0.05) is 52.4 Å². The highest BCUT2D eigenvalue weighted by Crippen LogP contribution is 2.35. The number of hydrogen-bond donors (Lipinski definition) is 3. The fourth-order valence-electron chi connectivity index (χ4n) is 2.66. The van der Waals surface area contributed by atoms with Crippen LogP contribution in [-0.4, -0.2) is 27.9 Å². The molecule has 1 unspecified atom stereocenters. The molecule has 0 saturated carbocycles. The van der Waals surface area contributed by atoms with E-state index in [1.807, 2.05) is 0 Å². The van der Waals surface area contributed by atoms with Crippen molar-refractivity contribution in [3.63, 3.8) is 0 Å². The summed E-state index contributed by atoms with van der Waals surface area (Å²) < 4.78 is 5.35. The van der Waals surface area contributed by atoms with Crippen molar-refractivity contribution in [2.75, 3.05) is 6.61 Å². The van der Waals surface area contributed by atoms with Crippen molar-refractivity contribution >= 4 is 5.97 Å². The average Bonchev–Trinajstić information content (AvgIpc) is 2.57. The van der Waals surface area contributed by atoms with Gasteiger partial charge in [-0.3, -0.25) is 0 Å². The highest BCUT2D eigenvalue weighted by Gasteiger charge is 2.17. The van der Waals surface area contributed by atoms with Gasteiger partial charge in [-0.25, -0.2) is 4.79 Å². The Bertz CT molecular complexity index is 489. The number of carbonyl (C=O) groups excluding carboxylic acids is 1. The summed E-state index contributed by atoms with van der Waals surface area (Å²) in [6.07, 6.45) is 9.05. The lowest BCUT2D eigenvalue weighted by Crippen LogP contribution is -2.15. The normalized spacial score (nSPS) is 12.1. The van der Waals surface area contributed by atoms with Crippen LogP contribution in [0.3, 0.4) is 0 Å². The van der Waals surface area contributed by atoms with Gasteiger partial charge in [0.15, 0.2) is 17.2 Å². The summed E-state index contributed by atoms with van der Waals surface area (Å²) in [6.45, 7) is 4.66. The van der Waals surface area contributed by atoms with Crippen molar-refractivity contribution in [2.24, 2.45) is 5.92 Å². The van der Waals surface area contributed by atoms with Crippen molar-refractivity contribution in [3.05, 3.63) is 17.7 Å². The number of hydrogen-bond acceptors (Lipinski definition) is 5. The second kappa shape index (κ2) is 10.8. The van der Waals surface area contributed by atoms with Crippen molar-refractivity contribution < 1.29 is 24.9 Å². The van der Waals surface area contributed by atoms with Crippen LogP contribution < -0.4 is 0 Å². The molecule has 0 aromatic heterocycles. The Morgan fingerprint density at radius 2 is 1.54 bits per heavy atom. The molecular weight excluding hydrogens is 308 g/mol. The molecule has 1 aromatic rings. The van der Waals surface area contributed by atoms with Crippen LogP contribution in [0.2, 0.25) is 0 Å². The van der Waals surface area contributed by atoms with Crippen molar-refractivity contribution in [1.82, 2.24) is 0 Å². The molecule has 0 aliphatic carbocycles. The van der Waals surface area contributed by atoms with Gasteiger partial charge in [0.1, 0.15) is 0 Å². The zero-order valence-electron chi connectivity index (χ0n) is 14.8. The molecule has 0 amide bonds. The summed E-state index contributed by atoms with van der Waals surface area (Å²) in [5, 5.41) is 28.3. The summed E-state index contributed by atoms with van der Waals surface area (Å²) >= 11 is 0. The molecular formula is C19H30O5. The summed E-state index contributed by atoms with van der Waals surface area (Å²) in [7, 11) is 0. The molecule has 0 saturated heterocycles. The fraction of sp³-hybridized carbons (Fsp3) is 0.632. The fourth-order valence-corrected chi connectivity index (χ4v) is 2.66. The van der Waals surface area contributed by atoms with Crippen LogP contribution in [0, 0.1) is 5.92 Å². The first-order chi connectivity index (χ1) is 11.5. The lowest BCUT2D eigenvalue weighted by molar-refractivity contribution is 0.0421. The third-order valence-corrected chi connectivity index (χ3v) is 4.19. The number of esters is 1. The SMILES string of the molecule is CCCCCCC(CCCC)COC(=O)c1cc(O)c(O)c(O)c1. The standard InChI is InChI=1S/C19H30O5/c1-3-5-7-8-10-14(9-6-4-2)13-24-19(23)15-11-16(20)18(22)17(21)12-15/h11-12,14,20-22H,3-10,13H2,1-2H3. The highest BCUT2D eigenvalue weighted by atomic mass is 16.5. The second-order valence-electron chi connectivity index (χ2n) is 6.32.